The van der Waals surface area contributed by atoms with Gasteiger partial charge in [-0.2, -0.15) is 0 Å². The number of morpholine rings is 1. The highest BCUT2D eigenvalue weighted by Crippen LogP contribution is 2.24. The van der Waals surface area contributed by atoms with E-state index in [0.29, 0.717) is 5.13 Å². The SMILES string of the molecule is CC1CN(Cc2cnc(N)s2)CC(C)(C)O1.Cl. The molecule has 98 valence electrons. The van der Waals surface area contributed by atoms with Crippen molar-refractivity contribution in [3.05, 3.63) is 11.1 Å². The van der Waals surface area contributed by atoms with Crippen molar-refractivity contribution in [3.8, 4) is 0 Å². The van der Waals surface area contributed by atoms with Gasteiger partial charge in [0.2, 0.25) is 0 Å². The summed E-state index contributed by atoms with van der Waals surface area (Å²) in [4.78, 5) is 7.70. The van der Waals surface area contributed by atoms with Crippen LogP contribution in [0.3, 0.4) is 0 Å². The first-order chi connectivity index (χ1) is 7.44. The van der Waals surface area contributed by atoms with Crippen LogP contribution in [0.25, 0.3) is 0 Å². The van der Waals surface area contributed by atoms with Crippen LogP contribution in [0.4, 0.5) is 5.13 Å². The maximum Gasteiger partial charge on any atom is 0.180 e. The summed E-state index contributed by atoms with van der Waals surface area (Å²) in [6, 6.07) is 0. The molecule has 0 bridgehead atoms. The molecule has 2 N–H and O–H groups in total. The fraction of sp³-hybridized carbons (Fsp3) is 0.727. The number of rotatable bonds is 2. The zero-order valence-electron chi connectivity index (χ0n) is 10.5. The van der Waals surface area contributed by atoms with Gasteiger partial charge in [0, 0.05) is 30.7 Å². The summed E-state index contributed by atoms with van der Waals surface area (Å²) in [7, 11) is 0. The normalized spacial score (nSPS) is 24.3. The number of anilines is 1. The predicted molar refractivity (Wildman–Crippen MR) is 73.7 cm³/mol. The molecule has 1 atom stereocenters. The van der Waals surface area contributed by atoms with Gasteiger partial charge < -0.3 is 10.5 Å². The molecule has 1 aliphatic rings. The van der Waals surface area contributed by atoms with E-state index in [1.54, 1.807) is 11.3 Å². The molecule has 1 fully saturated rings. The Hall–Kier alpha value is -0.360. The molecule has 1 saturated heterocycles. The molecule has 0 aromatic carbocycles. The number of hydrogen-bond donors (Lipinski definition) is 1. The van der Waals surface area contributed by atoms with Crippen molar-refractivity contribution in [3.63, 3.8) is 0 Å². The van der Waals surface area contributed by atoms with Gasteiger partial charge in [0.1, 0.15) is 0 Å². The molecule has 1 unspecified atom stereocenters. The van der Waals surface area contributed by atoms with Crippen LogP contribution in [0.5, 0.6) is 0 Å². The fourth-order valence-corrected chi connectivity index (χ4v) is 3.05. The second-order valence-corrected chi connectivity index (χ2v) is 6.17. The van der Waals surface area contributed by atoms with Crippen molar-refractivity contribution in [1.29, 1.82) is 0 Å². The Morgan fingerprint density at radius 2 is 2.35 bits per heavy atom. The van der Waals surface area contributed by atoms with E-state index in [1.807, 2.05) is 6.20 Å². The molecule has 4 nitrogen and oxygen atoms in total. The lowest BCUT2D eigenvalue weighted by Crippen LogP contribution is -2.51. The van der Waals surface area contributed by atoms with Crippen LogP contribution >= 0.6 is 23.7 Å². The first-order valence-corrected chi connectivity index (χ1v) is 6.37. The molecule has 1 aliphatic heterocycles. The molecule has 2 heterocycles. The summed E-state index contributed by atoms with van der Waals surface area (Å²) < 4.78 is 5.87. The minimum Gasteiger partial charge on any atom is -0.375 e. The minimum absolute atomic E-state index is 0. The lowest BCUT2D eigenvalue weighted by Gasteiger charge is -2.41. The highest BCUT2D eigenvalue weighted by Gasteiger charge is 2.31. The first kappa shape index (κ1) is 14.7. The van der Waals surface area contributed by atoms with E-state index in [9.17, 15) is 0 Å². The second kappa shape index (κ2) is 5.52. The maximum atomic E-state index is 5.87. The summed E-state index contributed by atoms with van der Waals surface area (Å²) in [6.07, 6.45) is 2.15. The van der Waals surface area contributed by atoms with Crippen LogP contribution in [0.15, 0.2) is 6.20 Å². The van der Waals surface area contributed by atoms with Crippen molar-refractivity contribution in [2.45, 2.75) is 39.0 Å². The van der Waals surface area contributed by atoms with Crippen LogP contribution < -0.4 is 5.73 Å². The first-order valence-electron chi connectivity index (χ1n) is 5.55. The summed E-state index contributed by atoms with van der Waals surface area (Å²) in [5.74, 6) is 0. The number of hydrogen-bond acceptors (Lipinski definition) is 5. The van der Waals surface area contributed by atoms with E-state index < -0.39 is 0 Å². The van der Waals surface area contributed by atoms with Gasteiger partial charge in [0.15, 0.2) is 5.13 Å². The number of ether oxygens (including phenoxy) is 1. The molecular weight excluding hydrogens is 258 g/mol. The Bertz CT molecular complexity index is 369. The molecule has 0 aliphatic carbocycles. The van der Waals surface area contributed by atoms with E-state index in [4.69, 9.17) is 10.5 Å². The van der Waals surface area contributed by atoms with Gasteiger partial charge >= 0.3 is 0 Å². The molecular formula is C11H20ClN3OS. The minimum atomic E-state index is -0.0616. The third-order valence-corrected chi connectivity index (χ3v) is 3.40. The zero-order valence-corrected chi connectivity index (χ0v) is 12.1. The Kier molecular flexibility index (Phi) is 4.77. The molecule has 0 radical (unpaired) electrons. The van der Waals surface area contributed by atoms with Crippen LogP contribution in [0.2, 0.25) is 0 Å². The molecule has 17 heavy (non-hydrogen) atoms. The molecule has 2 rings (SSSR count). The molecule has 1 aromatic rings. The van der Waals surface area contributed by atoms with Gasteiger partial charge in [0.25, 0.3) is 0 Å². The fourth-order valence-electron chi connectivity index (χ4n) is 2.32. The summed E-state index contributed by atoms with van der Waals surface area (Å²) in [6.45, 7) is 9.24. The van der Waals surface area contributed by atoms with Crippen LogP contribution in [0.1, 0.15) is 25.6 Å². The van der Waals surface area contributed by atoms with Crippen molar-refractivity contribution in [2.75, 3.05) is 18.8 Å². The molecule has 1 aromatic heterocycles. The Morgan fingerprint density at radius 1 is 1.65 bits per heavy atom. The average molecular weight is 278 g/mol. The van der Waals surface area contributed by atoms with Gasteiger partial charge in [-0.05, 0) is 20.8 Å². The van der Waals surface area contributed by atoms with Crippen molar-refractivity contribution in [1.82, 2.24) is 9.88 Å². The molecule has 0 spiro atoms. The van der Waals surface area contributed by atoms with E-state index in [2.05, 4.69) is 30.7 Å². The predicted octanol–water partition coefficient (Wildman–Crippen LogP) is 2.15. The van der Waals surface area contributed by atoms with Gasteiger partial charge in [-0.25, -0.2) is 4.98 Å². The van der Waals surface area contributed by atoms with E-state index in [-0.39, 0.29) is 24.1 Å². The van der Waals surface area contributed by atoms with E-state index in [1.165, 1.54) is 4.88 Å². The quantitative estimate of drug-likeness (QED) is 0.900. The van der Waals surface area contributed by atoms with Crippen molar-refractivity contribution < 1.29 is 4.74 Å². The third-order valence-electron chi connectivity index (χ3n) is 2.59. The standard InChI is InChI=1S/C11H19N3OS.ClH/c1-8-5-14(7-11(2,3)15-8)6-9-4-13-10(12)16-9;/h4,8H,5-7H2,1-3H3,(H2,12,13);1H. The van der Waals surface area contributed by atoms with Crippen LogP contribution in [-0.4, -0.2) is 34.7 Å². The van der Waals surface area contributed by atoms with Gasteiger partial charge in [0.05, 0.1) is 11.7 Å². The van der Waals surface area contributed by atoms with E-state index >= 15 is 0 Å². The van der Waals surface area contributed by atoms with Crippen molar-refractivity contribution in [2.24, 2.45) is 0 Å². The lowest BCUT2D eigenvalue weighted by atomic mass is 10.1. The van der Waals surface area contributed by atoms with Crippen molar-refractivity contribution >= 4 is 28.9 Å². The second-order valence-electron chi connectivity index (χ2n) is 5.02. The molecule has 0 saturated carbocycles. The number of halogens is 1. The maximum absolute atomic E-state index is 5.87. The average Bonchev–Trinajstić information content (AvgIpc) is 2.46. The van der Waals surface area contributed by atoms with Gasteiger partial charge in [-0.15, -0.1) is 23.7 Å². The number of nitrogen functional groups attached to an aromatic ring is 1. The number of nitrogens with two attached hydrogens (primary N) is 1. The summed E-state index contributed by atoms with van der Waals surface area (Å²) >= 11 is 1.57. The Labute approximate surface area is 113 Å². The lowest BCUT2D eigenvalue weighted by molar-refractivity contribution is -0.130. The highest BCUT2D eigenvalue weighted by atomic mass is 35.5. The third kappa shape index (κ3) is 4.10. The summed E-state index contributed by atoms with van der Waals surface area (Å²) in [5, 5.41) is 0.649. The van der Waals surface area contributed by atoms with Gasteiger partial charge in [-0.3, -0.25) is 4.90 Å². The topological polar surface area (TPSA) is 51.4 Å². The monoisotopic (exact) mass is 277 g/mol. The number of nitrogens with zero attached hydrogens (tertiary/aromatic N) is 2. The van der Waals surface area contributed by atoms with Crippen LogP contribution in [0, 0.1) is 0 Å². The Balaban J connectivity index is 0.00000144. The number of aromatic nitrogens is 1. The number of thiazole rings is 1. The Morgan fingerprint density at radius 3 is 2.88 bits per heavy atom. The summed E-state index contributed by atoms with van der Waals surface area (Å²) in [5.41, 5.74) is 5.57. The zero-order chi connectivity index (χ0) is 11.8. The molecule has 0 amide bonds. The largest absolute Gasteiger partial charge is 0.375 e. The van der Waals surface area contributed by atoms with Gasteiger partial charge in [-0.1, -0.05) is 0 Å². The highest BCUT2D eigenvalue weighted by molar-refractivity contribution is 7.15. The molecule has 6 heteroatoms. The van der Waals surface area contributed by atoms with Crippen LogP contribution in [-0.2, 0) is 11.3 Å². The van der Waals surface area contributed by atoms with E-state index in [0.717, 1.165) is 19.6 Å². The smallest absolute Gasteiger partial charge is 0.180 e.